The molecule has 0 bridgehead atoms. The topological polar surface area (TPSA) is 66.9 Å². The number of carbonyl (C=O) groups is 1. The van der Waals surface area contributed by atoms with Crippen LogP contribution in [0.1, 0.15) is 22.8 Å². The van der Waals surface area contributed by atoms with Crippen molar-refractivity contribution < 1.29 is 14.3 Å². The van der Waals surface area contributed by atoms with Crippen LogP contribution in [0.5, 0.6) is 11.5 Å². The maximum atomic E-state index is 12.8. The highest BCUT2D eigenvalue weighted by molar-refractivity contribution is 5.94. The molecule has 150 valence electrons. The lowest BCUT2D eigenvalue weighted by Gasteiger charge is -2.34. The first-order valence-electron chi connectivity index (χ1n) is 9.57. The monoisotopic (exact) mass is 384 g/mol. The molecule has 0 spiro atoms. The minimum absolute atomic E-state index is 0.0623. The highest BCUT2D eigenvalue weighted by Crippen LogP contribution is 2.27. The van der Waals surface area contributed by atoms with Gasteiger partial charge in [-0.25, -0.2) is 4.98 Å². The average Bonchev–Trinajstić information content (AvgIpc) is 2.77. The first-order chi connectivity index (χ1) is 13.6. The molecule has 2 heterocycles. The molecule has 0 unspecified atom stereocenters. The number of pyridine rings is 1. The molecule has 28 heavy (non-hydrogen) atoms. The molecule has 1 aromatic carbocycles. The van der Waals surface area contributed by atoms with Crippen LogP contribution < -0.4 is 14.8 Å². The fraction of sp³-hybridized carbons (Fsp3) is 0.429. The van der Waals surface area contributed by atoms with Gasteiger partial charge in [0.05, 0.1) is 14.2 Å². The summed E-state index contributed by atoms with van der Waals surface area (Å²) in [7, 11) is 3.23. The van der Waals surface area contributed by atoms with Gasteiger partial charge in [0.2, 0.25) is 0 Å². The maximum Gasteiger partial charge on any atom is 0.254 e. The van der Waals surface area contributed by atoms with Gasteiger partial charge in [0.25, 0.3) is 5.91 Å². The fourth-order valence-electron chi connectivity index (χ4n) is 3.29. The van der Waals surface area contributed by atoms with E-state index in [4.69, 9.17) is 9.47 Å². The number of nitrogens with one attached hydrogen (secondary N) is 1. The number of ether oxygens (including phenoxy) is 2. The molecule has 1 fully saturated rings. The number of benzene rings is 1. The first kappa shape index (κ1) is 19.9. The Kier molecular flexibility index (Phi) is 6.71. The third kappa shape index (κ3) is 4.72. The molecule has 0 saturated carbocycles. The number of amides is 1. The third-order valence-electron chi connectivity index (χ3n) is 5.04. The molecular formula is C21H28N4O3. The van der Waals surface area contributed by atoms with Crippen LogP contribution in [-0.4, -0.2) is 67.6 Å². The van der Waals surface area contributed by atoms with Crippen molar-refractivity contribution in [2.75, 3.05) is 52.3 Å². The smallest absolute Gasteiger partial charge is 0.254 e. The van der Waals surface area contributed by atoms with Crippen molar-refractivity contribution in [3.63, 3.8) is 0 Å². The van der Waals surface area contributed by atoms with Crippen LogP contribution in [0.15, 0.2) is 36.5 Å². The quantitative estimate of drug-likeness (QED) is 0.791. The van der Waals surface area contributed by atoms with Gasteiger partial charge >= 0.3 is 0 Å². The van der Waals surface area contributed by atoms with E-state index in [-0.39, 0.29) is 5.91 Å². The zero-order valence-corrected chi connectivity index (χ0v) is 16.8. The normalized spacial score (nSPS) is 14.6. The largest absolute Gasteiger partial charge is 0.493 e. The molecule has 0 radical (unpaired) electrons. The van der Waals surface area contributed by atoms with Crippen LogP contribution in [0, 0.1) is 0 Å². The zero-order chi connectivity index (χ0) is 19.9. The number of rotatable bonds is 7. The van der Waals surface area contributed by atoms with Gasteiger partial charge in [-0.3, -0.25) is 4.79 Å². The Morgan fingerprint density at radius 1 is 1.07 bits per heavy atom. The van der Waals surface area contributed by atoms with Crippen molar-refractivity contribution in [1.82, 2.24) is 14.8 Å². The van der Waals surface area contributed by atoms with Gasteiger partial charge in [0.15, 0.2) is 11.5 Å². The third-order valence-corrected chi connectivity index (χ3v) is 5.04. The Morgan fingerprint density at radius 2 is 1.82 bits per heavy atom. The van der Waals surface area contributed by atoms with E-state index in [1.807, 2.05) is 29.2 Å². The molecule has 1 aliphatic heterocycles. The predicted octanol–water partition coefficient (Wildman–Crippen LogP) is 2.49. The average molecular weight is 384 g/mol. The number of aromatic nitrogens is 1. The van der Waals surface area contributed by atoms with E-state index in [2.05, 4.69) is 22.1 Å². The Labute approximate surface area is 166 Å². The molecule has 1 aliphatic rings. The summed E-state index contributed by atoms with van der Waals surface area (Å²) >= 11 is 0. The molecule has 1 saturated heterocycles. The SMILES string of the molecule is CCN1CCN(C(=O)c2ccnc(NCc3ccc(OC)c(OC)c3)c2)CC1. The molecule has 7 nitrogen and oxygen atoms in total. The van der Waals surface area contributed by atoms with E-state index in [1.54, 1.807) is 26.5 Å². The van der Waals surface area contributed by atoms with Gasteiger partial charge in [0, 0.05) is 44.5 Å². The van der Waals surface area contributed by atoms with Gasteiger partial charge in [-0.05, 0) is 36.4 Å². The van der Waals surface area contributed by atoms with E-state index in [9.17, 15) is 4.79 Å². The van der Waals surface area contributed by atoms with E-state index in [0.717, 1.165) is 38.3 Å². The second-order valence-electron chi connectivity index (χ2n) is 6.70. The van der Waals surface area contributed by atoms with Crippen molar-refractivity contribution >= 4 is 11.7 Å². The van der Waals surface area contributed by atoms with Gasteiger partial charge in [-0.2, -0.15) is 0 Å². The Bertz CT molecular complexity index is 804. The Balaban J connectivity index is 1.63. The minimum atomic E-state index is 0.0623. The van der Waals surface area contributed by atoms with Crippen molar-refractivity contribution in [3.05, 3.63) is 47.7 Å². The molecule has 3 rings (SSSR count). The summed E-state index contributed by atoms with van der Waals surface area (Å²) in [5.41, 5.74) is 1.70. The zero-order valence-electron chi connectivity index (χ0n) is 16.8. The lowest BCUT2D eigenvalue weighted by Crippen LogP contribution is -2.48. The van der Waals surface area contributed by atoms with E-state index in [1.165, 1.54) is 0 Å². The Hall–Kier alpha value is -2.80. The van der Waals surface area contributed by atoms with Gasteiger partial charge in [-0.1, -0.05) is 13.0 Å². The number of hydrogen-bond acceptors (Lipinski definition) is 6. The van der Waals surface area contributed by atoms with Crippen molar-refractivity contribution in [3.8, 4) is 11.5 Å². The number of hydrogen-bond donors (Lipinski definition) is 1. The molecule has 2 aromatic rings. The van der Waals surface area contributed by atoms with Crippen molar-refractivity contribution in [1.29, 1.82) is 0 Å². The summed E-state index contributed by atoms with van der Waals surface area (Å²) in [4.78, 5) is 21.4. The summed E-state index contributed by atoms with van der Waals surface area (Å²) in [6.45, 7) is 7.14. The van der Waals surface area contributed by atoms with Crippen molar-refractivity contribution in [2.45, 2.75) is 13.5 Å². The van der Waals surface area contributed by atoms with E-state index in [0.29, 0.717) is 29.4 Å². The van der Waals surface area contributed by atoms with Crippen LogP contribution in [0.3, 0.4) is 0 Å². The van der Waals surface area contributed by atoms with Gasteiger partial charge in [-0.15, -0.1) is 0 Å². The number of methoxy groups -OCH3 is 2. The summed E-state index contributed by atoms with van der Waals surface area (Å²) in [5.74, 6) is 2.12. The number of anilines is 1. The summed E-state index contributed by atoms with van der Waals surface area (Å²) < 4.78 is 10.6. The second kappa shape index (κ2) is 9.41. The number of piperazine rings is 1. The van der Waals surface area contributed by atoms with E-state index < -0.39 is 0 Å². The molecular weight excluding hydrogens is 356 g/mol. The Morgan fingerprint density at radius 3 is 2.50 bits per heavy atom. The highest BCUT2D eigenvalue weighted by Gasteiger charge is 2.21. The highest BCUT2D eigenvalue weighted by atomic mass is 16.5. The van der Waals surface area contributed by atoms with Crippen LogP contribution in [0.2, 0.25) is 0 Å². The summed E-state index contributed by atoms with van der Waals surface area (Å²) in [6, 6.07) is 9.36. The van der Waals surface area contributed by atoms with Gasteiger partial charge < -0.3 is 24.6 Å². The standard InChI is InChI=1S/C21H28N4O3/c1-4-24-9-11-25(12-10-24)21(26)17-7-8-22-20(14-17)23-15-16-5-6-18(27-2)19(13-16)28-3/h5-8,13-14H,4,9-12,15H2,1-3H3,(H,22,23). The maximum absolute atomic E-state index is 12.8. The predicted molar refractivity (Wildman–Crippen MR) is 109 cm³/mol. The minimum Gasteiger partial charge on any atom is -0.493 e. The van der Waals surface area contributed by atoms with Crippen LogP contribution in [0.25, 0.3) is 0 Å². The molecule has 7 heteroatoms. The number of likely N-dealkylation sites (N-methyl/N-ethyl adjacent to an activating group) is 1. The molecule has 1 N–H and O–H groups in total. The molecule has 0 aliphatic carbocycles. The lowest BCUT2D eigenvalue weighted by atomic mass is 10.2. The van der Waals surface area contributed by atoms with Crippen molar-refractivity contribution in [2.24, 2.45) is 0 Å². The summed E-state index contributed by atoms with van der Waals surface area (Å²) in [6.07, 6.45) is 1.67. The molecule has 1 aromatic heterocycles. The summed E-state index contributed by atoms with van der Waals surface area (Å²) in [5, 5.41) is 3.28. The second-order valence-corrected chi connectivity index (χ2v) is 6.70. The van der Waals surface area contributed by atoms with Crippen LogP contribution in [0.4, 0.5) is 5.82 Å². The van der Waals surface area contributed by atoms with Crippen LogP contribution >= 0.6 is 0 Å². The van der Waals surface area contributed by atoms with E-state index >= 15 is 0 Å². The fourth-order valence-corrected chi connectivity index (χ4v) is 3.29. The van der Waals surface area contributed by atoms with Gasteiger partial charge in [0.1, 0.15) is 5.82 Å². The number of carbonyl (C=O) groups excluding carboxylic acids is 1. The lowest BCUT2D eigenvalue weighted by molar-refractivity contribution is 0.0643. The molecule has 0 atom stereocenters. The van der Waals surface area contributed by atoms with Crippen LogP contribution in [-0.2, 0) is 6.54 Å². The molecule has 1 amide bonds. The first-order valence-corrected chi connectivity index (χ1v) is 9.57. The number of nitrogens with zero attached hydrogens (tertiary/aromatic N) is 3.